The van der Waals surface area contributed by atoms with Crippen LogP contribution in [0.15, 0.2) is 65.1 Å². The van der Waals surface area contributed by atoms with Crippen LogP contribution in [0.1, 0.15) is 5.56 Å². The summed E-state index contributed by atoms with van der Waals surface area (Å²) in [7, 11) is 1.58. The normalized spacial score (nSPS) is 10.7. The number of nitro groups is 1. The van der Waals surface area contributed by atoms with Gasteiger partial charge in [0.25, 0.3) is 5.91 Å². The SMILES string of the molecule is COc1ccc2oc(-c3ccc(C)c(NC(=O)COc4ccccc4[N+](=O)[O-])c3)nc2c1. The van der Waals surface area contributed by atoms with Crippen molar-refractivity contribution in [2.24, 2.45) is 0 Å². The van der Waals surface area contributed by atoms with Crippen molar-refractivity contribution >= 4 is 28.4 Å². The first kappa shape index (κ1) is 20.9. The summed E-state index contributed by atoms with van der Waals surface area (Å²) in [6, 6.07) is 16.7. The van der Waals surface area contributed by atoms with Gasteiger partial charge in [-0.15, -0.1) is 0 Å². The number of benzene rings is 3. The van der Waals surface area contributed by atoms with E-state index in [1.165, 1.54) is 18.2 Å². The number of fused-ring (bicyclic) bond motifs is 1. The molecule has 0 saturated heterocycles. The monoisotopic (exact) mass is 433 g/mol. The number of anilines is 1. The van der Waals surface area contributed by atoms with Crippen LogP contribution in [0.2, 0.25) is 0 Å². The molecule has 1 heterocycles. The molecule has 0 radical (unpaired) electrons. The van der Waals surface area contributed by atoms with Gasteiger partial charge >= 0.3 is 5.69 Å². The van der Waals surface area contributed by atoms with Crippen LogP contribution in [-0.4, -0.2) is 29.5 Å². The molecule has 4 rings (SSSR count). The van der Waals surface area contributed by atoms with E-state index in [-0.39, 0.29) is 18.0 Å². The molecular weight excluding hydrogens is 414 g/mol. The lowest BCUT2D eigenvalue weighted by atomic mass is 10.1. The van der Waals surface area contributed by atoms with Crippen molar-refractivity contribution in [2.45, 2.75) is 6.92 Å². The second-order valence-electron chi connectivity index (χ2n) is 6.94. The molecule has 0 unspecified atom stereocenters. The Bertz CT molecular complexity index is 1310. The number of hydrogen-bond acceptors (Lipinski definition) is 7. The second kappa shape index (κ2) is 8.76. The number of hydrogen-bond donors (Lipinski definition) is 1. The molecule has 9 heteroatoms. The molecule has 0 saturated carbocycles. The number of amides is 1. The lowest BCUT2D eigenvalue weighted by molar-refractivity contribution is -0.385. The molecule has 0 spiro atoms. The van der Waals surface area contributed by atoms with Crippen molar-refractivity contribution in [3.05, 3.63) is 76.3 Å². The number of aromatic nitrogens is 1. The molecule has 0 aliphatic heterocycles. The molecule has 1 N–H and O–H groups in total. The summed E-state index contributed by atoms with van der Waals surface area (Å²) >= 11 is 0. The number of nitrogens with zero attached hydrogens (tertiary/aromatic N) is 2. The lowest BCUT2D eigenvalue weighted by Crippen LogP contribution is -2.21. The standard InChI is InChI=1S/C23H19N3O6/c1-14-7-8-15(23-25-18-12-16(30-2)9-10-20(18)32-23)11-17(14)24-22(27)13-31-21-6-4-3-5-19(21)26(28)29/h3-12H,13H2,1-2H3,(H,24,27). The lowest BCUT2D eigenvalue weighted by Gasteiger charge is -2.10. The minimum Gasteiger partial charge on any atom is -0.497 e. The Morgan fingerprint density at radius 2 is 1.97 bits per heavy atom. The van der Waals surface area contributed by atoms with Gasteiger partial charge in [-0.2, -0.15) is 0 Å². The zero-order valence-electron chi connectivity index (χ0n) is 17.3. The van der Waals surface area contributed by atoms with Crippen LogP contribution in [0.5, 0.6) is 11.5 Å². The predicted octanol–water partition coefficient (Wildman–Crippen LogP) is 4.74. The number of nitrogens with one attached hydrogen (secondary N) is 1. The molecule has 1 amide bonds. The zero-order chi connectivity index (χ0) is 22.7. The van der Waals surface area contributed by atoms with Crippen LogP contribution in [0.25, 0.3) is 22.6 Å². The topological polar surface area (TPSA) is 117 Å². The second-order valence-corrected chi connectivity index (χ2v) is 6.94. The number of nitro benzene ring substituents is 1. The number of methoxy groups -OCH3 is 1. The highest BCUT2D eigenvalue weighted by molar-refractivity contribution is 5.93. The fourth-order valence-electron chi connectivity index (χ4n) is 3.11. The number of oxazole rings is 1. The quantitative estimate of drug-likeness (QED) is 0.330. The molecule has 0 aliphatic rings. The number of carbonyl (C=O) groups excluding carboxylic acids is 1. The fourth-order valence-corrected chi connectivity index (χ4v) is 3.11. The molecule has 4 aromatic rings. The average Bonchev–Trinajstić information content (AvgIpc) is 3.22. The van der Waals surface area contributed by atoms with Crippen LogP contribution < -0.4 is 14.8 Å². The highest BCUT2D eigenvalue weighted by Gasteiger charge is 2.16. The molecule has 0 bridgehead atoms. The van der Waals surface area contributed by atoms with Gasteiger partial charge in [-0.3, -0.25) is 14.9 Å². The maximum atomic E-state index is 12.4. The minimum atomic E-state index is -0.559. The highest BCUT2D eigenvalue weighted by atomic mass is 16.6. The third-order valence-electron chi connectivity index (χ3n) is 4.77. The van der Waals surface area contributed by atoms with E-state index in [9.17, 15) is 14.9 Å². The van der Waals surface area contributed by atoms with E-state index >= 15 is 0 Å². The maximum absolute atomic E-state index is 12.4. The summed E-state index contributed by atoms with van der Waals surface area (Å²) in [5.74, 6) is 0.651. The Kier molecular flexibility index (Phi) is 5.71. The number of carbonyl (C=O) groups is 1. The maximum Gasteiger partial charge on any atom is 0.310 e. The number of para-hydroxylation sites is 2. The highest BCUT2D eigenvalue weighted by Crippen LogP contribution is 2.30. The Morgan fingerprint density at radius 1 is 1.16 bits per heavy atom. The van der Waals surface area contributed by atoms with Crippen molar-refractivity contribution in [2.75, 3.05) is 19.0 Å². The molecule has 3 aromatic carbocycles. The minimum absolute atomic E-state index is 0.0278. The van der Waals surface area contributed by atoms with E-state index < -0.39 is 10.8 Å². The van der Waals surface area contributed by atoms with Crippen molar-refractivity contribution in [1.29, 1.82) is 0 Å². The third kappa shape index (κ3) is 4.36. The molecule has 0 aliphatic carbocycles. The van der Waals surface area contributed by atoms with Crippen LogP contribution in [0.4, 0.5) is 11.4 Å². The van der Waals surface area contributed by atoms with E-state index in [4.69, 9.17) is 13.9 Å². The zero-order valence-corrected chi connectivity index (χ0v) is 17.3. The first-order valence-electron chi connectivity index (χ1n) is 9.66. The third-order valence-corrected chi connectivity index (χ3v) is 4.77. The van der Waals surface area contributed by atoms with Gasteiger partial charge in [0, 0.05) is 23.4 Å². The Balaban J connectivity index is 1.51. The van der Waals surface area contributed by atoms with Crippen LogP contribution >= 0.6 is 0 Å². The first-order valence-corrected chi connectivity index (χ1v) is 9.66. The summed E-state index contributed by atoms with van der Waals surface area (Å²) in [5.41, 5.74) is 3.13. The van der Waals surface area contributed by atoms with Gasteiger partial charge in [0.2, 0.25) is 5.89 Å². The average molecular weight is 433 g/mol. The summed E-state index contributed by atoms with van der Waals surface area (Å²) in [4.78, 5) is 27.4. The molecule has 1 aromatic heterocycles. The molecule has 0 fully saturated rings. The Labute approximate surface area is 182 Å². The van der Waals surface area contributed by atoms with Gasteiger partial charge in [0.05, 0.1) is 12.0 Å². The number of ether oxygens (including phenoxy) is 2. The Morgan fingerprint density at radius 3 is 2.75 bits per heavy atom. The predicted molar refractivity (Wildman–Crippen MR) is 118 cm³/mol. The molecular formula is C23H19N3O6. The van der Waals surface area contributed by atoms with E-state index in [0.717, 1.165) is 5.56 Å². The van der Waals surface area contributed by atoms with Crippen LogP contribution in [0, 0.1) is 17.0 Å². The summed E-state index contributed by atoms with van der Waals surface area (Å²) in [6.45, 7) is 1.47. The molecule has 32 heavy (non-hydrogen) atoms. The van der Waals surface area contributed by atoms with E-state index in [1.54, 1.807) is 37.4 Å². The number of rotatable bonds is 7. The Hall–Kier alpha value is -4.40. The van der Waals surface area contributed by atoms with Crippen LogP contribution in [0.3, 0.4) is 0 Å². The van der Waals surface area contributed by atoms with Crippen molar-refractivity contribution < 1.29 is 23.6 Å². The van der Waals surface area contributed by atoms with Gasteiger partial charge in [-0.05, 0) is 42.8 Å². The largest absolute Gasteiger partial charge is 0.497 e. The van der Waals surface area contributed by atoms with Gasteiger partial charge in [0.1, 0.15) is 11.3 Å². The molecule has 0 atom stereocenters. The van der Waals surface area contributed by atoms with E-state index in [2.05, 4.69) is 10.3 Å². The van der Waals surface area contributed by atoms with Crippen molar-refractivity contribution in [1.82, 2.24) is 4.98 Å². The van der Waals surface area contributed by atoms with Crippen molar-refractivity contribution in [3.8, 4) is 23.0 Å². The number of aryl methyl sites for hydroxylation is 1. The van der Waals surface area contributed by atoms with Gasteiger partial charge in [0.15, 0.2) is 17.9 Å². The van der Waals surface area contributed by atoms with Gasteiger partial charge < -0.3 is 19.2 Å². The van der Waals surface area contributed by atoms with E-state index in [0.29, 0.717) is 34.0 Å². The van der Waals surface area contributed by atoms with Gasteiger partial charge in [-0.1, -0.05) is 18.2 Å². The summed E-state index contributed by atoms with van der Waals surface area (Å²) in [6.07, 6.45) is 0. The fraction of sp³-hybridized carbons (Fsp3) is 0.130. The molecule has 162 valence electrons. The van der Waals surface area contributed by atoms with Crippen LogP contribution in [-0.2, 0) is 4.79 Å². The van der Waals surface area contributed by atoms with Crippen molar-refractivity contribution in [3.63, 3.8) is 0 Å². The summed E-state index contributed by atoms with van der Waals surface area (Å²) < 4.78 is 16.4. The molecule has 9 nitrogen and oxygen atoms in total. The smallest absolute Gasteiger partial charge is 0.310 e. The summed E-state index contributed by atoms with van der Waals surface area (Å²) in [5, 5.41) is 13.8. The first-order chi connectivity index (χ1) is 15.4. The van der Waals surface area contributed by atoms with Gasteiger partial charge in [-0.25, -0.2) is 4.98 Å². The van der Waals surface area contributed by atoms with E-state index in [1.807, 2.05) is 19.1 Å².